The van der Waals surface area contributed by atoms with Crippen LogP contribution >= 0.6 is 11.6 Å². The SMILES string of the molecule is CC(CO)C(C)Nc1nc(N)nc(Cl)n1. The summed E-state index contributed by atoms with van der Waals surface area (Å²) in [4.78, 5) is 11.4. The summed E-state index contributed by atoms with van der Waals surface area (Å²) in [5, 5.41) is 12.0. The van der Waals surface area contributed by atoms with Crippen LogP contribution in [0.3, 0.4) is 0 Å². The second-order valence-electron chi connectivity index (χ2n) is 3.38. The molecule has 1 aromatic rings. The van der Waals surface area contributed by atoms with Crippen molar-refractivity contribution in [2.45, 2.75) is 19.9 Å². The molecule has 15 heavy (non-hydrogen) atoms. The first-order valence-corrected chi connectivity index (χ1v) is 4.95. The van der Waals surface area contributed by atoms with E-state index < -0.39 is 0 Å². The van der Waals surface area contributed by atoms with Crippen molar-refractivity contribution in [3.63, 3.8) is 0 Å². The highest BCUT2D eigenvalue weighted by Crippen LogP contribution is 2.11. The van der Waals surface area contributed by atoms with Crippen LogP contribution in [0.5, 0.6) is 0 Å². The third kappa shape index (κ3) is 3.49. The standard InChI is InChI=1S/C8H14ClN5O/c1-4(3-15)5(2)11-8-13-6(9)12-7(10)14-8/h4-5,15H,3H2,1-2H3,(H3,10,11,12,13,14). The van der Waals surface area contributed by atoms with E-state index >= 15 is 0 Å². The Kier molecular flexibility index (Phi) is 4.05. The summed E-state index contributed by atoms with van der Waals surface area (Å²) in [7, 11) is 0. The van der Waals surface area contributed by atoms with Gasteiger partial charge in [0.2, 0.25) is 17.2 Å². The summed E-state index contributed by atoms with van der Waals surface area (Å²) in [5.74, 6) is 0.475. The second-order valence-corrected chi connectivity index (χ2v) is 3.72. The number of nitrogens with zero attached hydrogens (tertiary/aromatic N) is 3. The van der Waals surface area contributed by atoms with Gasteiger partial charge in [-0.15, -0.1) is 0 Å². The number of rotatable bonds is 4. The van der Waals surface area contributed by atoms with Gasteiger partial charge in [-0.1, -0.05) is 6.92 Å². The summed E-state index contributed by atoms with van der Waals surface area (Å²) in [6.45, 7) is 3.90. The Morgan fingerprint density at radius 2 is 2.07 bits per heavy atom. The summed E-state index contributed by atoms with van der Waals surface area (Å²) in [6, 6.07) is 0.0212. The maximum Gasteiger partial charge on any atom is 0.229 e. The first-order valence-electron chi connectivity index (χ1n) is 4.57. The molecule has 7 heteroatoms. The molecule has 0 saturated heterocycles. The number of hydrogen-bond acceptors (Lipinski definition) is 6. The lowest BCUT2D eigenvalue weighted by Gasteiger charge is -2.18. The topological polar surface area (TPSA) is 97.0 Å². The van der Waals surface area contributed by atoms with E-state index in [4.69, 9.17) is 22.4 Å². The molecular formula is C8H14ClN5O. The molecule has 1 rings (SSSR count). The molecule has 0 spiro atoms. The van der Waals surface area contributed by atoms with E-state index in [1.807, 2.05) is 13.8 Å². The third-order valence-electron chi connectivity index (χ3n) is 2.12. The van der Waals surface area contributed by atoms with Crippen molar-refractivity contribution < 1.29 is 5.11 Å². The molecule has 0 bridgehead atoms. The molecule has 0 saturated carbocycles. The Morgan fingerprint density at radius 1 is 1.40 bits per heavy atom. The Morgan fingerprint density at radius 3 is 2.60 bits per heavy atom. The molecule has 2 atom stereocenters. The van der Waals surface area contributed by atoms with Gasteiger partial charge in [-0.25, -0.2) is 0 Å². The number of hydrogen-bond donors (Lipinski definition) is 3. The molecule has 0 aliphatic rings. The lowest BCUT2D eigenvalue weighted by atomic mass is 10.1. The fourth-order valence-electron chi connectivity index (χ4n) is 0.934. The largest absolute Gasteiger partial charge is 0.396 e. The first kappa shape index (κ1) is 11.9. The Bertz CT molecular complexity index is 315. The summed E-state index contributed by atoms with van der Waals surface area (Å²) < 4.78 is 0. The predicted molar refractivity (Wildman–Crippen MR) is 58.6 cm³/mol. The average Bonchev–Trinajstić information content (AvgIpc) is 2.14. The van der Waals surface area contributed by atoms with Gasteiger partial charge in [0.1, 0.15) is 0 Å². The quantitative estimate of drug-likeness (QED) is 0.700. The van der Waals surface area contributed by atoms with E-state index in [1.54, 1.807) is 0 Å². The van der Waals surface area contributed by atoms with Crippen LogP contribution in [0, 0.1) is 5.92 Å². The number of anilines is 2. The Balaban J connectivity index is 2.72. The fraction of sp³-hybridized carbons (Fsp3) is 0.625. The molecule has 1 heterocycles. The van der Waals surface area contributed by atoms with Crippen molar-refractivity contribution in [2.75, 3.05) is 17.7 Å². The number of aliphatic hydroxyl groups is 1. The fourth-order valence-corrected chi connectivity index (χ4v) is 1.10. The van der Waals surface area contributed by atoms with Gasteiger partial charge in [0.15, 0.2) is 0 Å². The number of aromatic nitrogens is 3. The van der Waals surface area contributed by atoms with Crippen LogP contribution in [0.4, 0.5) is 11.9 Å². The molecule has 0 amide bonds. The lowest BCUT2D eigenvalue weighted by Crippen LogP contribution is -2.27. The predicted octanol–water partition coefficient (Wildman–Crippen LogP) is 0.536. The Labute approximate surface area is 92.9 Å². The van der Waals surface area contributed by atoms with Crippen LogP contribution in [0.2, 0.25) is 5.28 Å². The monoisotopic (exact) mass is 231 g/mol. The van der Waals surface area contributed by atoms with Gasteiger partial charge in [-0.05, 0) is 24.4 Å². The molecule has 6 nitrogen and oxygen atoms in total. The van der Waals surface area contributed by atoms with Crippen molar-refractivity contribution in [3.05, 3.63) is 5.28 Å². The average molecular weight is 232 g/mol. The molecule has 0 aliphatic carbocycles. The van der Waals surface area contributed by atoms with E-state index in [9.17, 15) is 0 Å². The molecule has 84 valence electrons. The van der Waals surface area contributed by atoms with Crippen LogP contribution in [-0.2, 0) is 0 Å². The number of nitrogen functional groups attached to an aromatic ring is 1. The van der Waals surface area contributed by atoms with E-state index in [1.165, 1.54) is 0 Å². The van der Waals surface area contributed by atoms with Gasteiger partial charge in [0, 0.05) is 12.6 Å². The minimum atomic E-state index is 0.0212. The maximum absolute atomic E-state index is 8.95. The number of halogens is 1. The summed E-state index contributed by atoms with van der Waals surface area (Å²) in [5.41, 5.74) is 5.41. The van der Waals surface area contributed by atoms with E-state index in [0.717, 1.165) is 0 Å². The number of nitrogens with two attached hydrogens (primary N) is 1. The van der Waals surface area contributed by atoms with Gasteiger partial charge in [-0.2, -0.15) is 15.0 Å². The summed E-state index contributed by atoms with van der Waals surface area (Å²) >= 11 is 5.62. The van der Waals surface area contributed by atoms with Crippen LogP contribution in [-0.4, -0.2) is 32.7 Å². The summed E-state index contributed by atoms with van der Waals surface area (Å²) in [6.07, 6.45) is 0. The van der Waals surface area contributed by atoms with Gasteiger partial charge < -0.3 is 16.2 Å². The molecule has 0 fully saturated rings. The van der Waals surface area contributed by atoms with E-state index in [0.29, 0.717) is 5.95 Å². The smallest absolute Gasteiger partial charge is 0.229 e. The Hall–Kier alpha value is -1.14. The van der Waals surface area contributed by atoms with Crippen LogP contribution in [0.15, 0.2) is 0 Å². The highest BCUT2D eigenvalue weighted by Gasteiger charge is 2.12. The van der Waals surface area contributed by atoms with Crippen LogP contribution in [0.25, 0.3) is 0 Å². The highest BCUT2D eigenvalue weighted by atomic mass is 35.5. The molecule has 4 N–H and O–H groups in total. The number of nitrogens with one attached hydrogen (secondary N) is 1. The zero-order chi connectivity index (χ0) is 11.4. The molecular weight excluding hydrogens is 218 g/mol. The molecule has 0 aromatic carbocycles. The minimum absolute atomic E-state index is 0.0212. The molecule has 0 aliphatic heterocycles. The van der Waals surface area contributed by atoms with Gasteiger partial charge in [-0.3, -0.25) is 0 Å². The normalized spacial score (nSPS) is 14.7. The van der Waals surface area contributed by atoms with Crippen molar-refractivity contribution in [1.29, 1.82) is 0 Å². The molecule has 0 radical (unpaired) electrons. The second kappa shape index (κ2) is 5.09. The van der Waals surface area contributed by atoms with E-state index in [-0.39, 0.29) is 29.8 Å². The zero-order valence-corrected chi connectivity index (χ0v) is 9.36. The molecule has 2 unspecified atom stereocenters. The van der Waals surface area contributed by atoms with Crippen molar-refractivity contribution in [3.8, 4) is 0 Å². The number of aliphatic hydroxyl groups excluding tert-OH is 1. The van der Waals surface area contributed by atoms with Crippen LogP contribution in [0.1, 0.15) is 13.8 Å². The minimum Gasteiger partial charge on any atom is -0.396 e. The van der Waals surface area contributed by atoms with E-state index in [2.05, 4.69) is 20.3 Å². The highest BCUT2D eigenvalue weighted by molar-refractivity contribution is 6.28. The van der Waals surface area contributed by atoms with Crippen molar-refractivity contribution in [2.24, 2.45) is 5.92 Å². The van der Waals surface area contributed by atoms with Crippen molar-refractivity contribution in [1.82, 2.24) is 15.0 Å². The van der Waals surface area contributed by atoms with Gasteiger partial charge in [0.05, 0.1) is 0 Å². The first-order chi connectivity index (χ1) is 7.02. The zero-order valence-electron chi connectivity index (χ0n) is 8.61. The van der Waals surface area contributed by atoms with Crippen LogP contribution < -0.4 is 11.1 Å². The lowest BCUT2D eigenvalue weighted by molar-refractivity contribution is 0.226. The van der Waals surface area contributed by atoms with Crippen molar-refractivity contribution >= 4 is 23.5 Å². The molecule has 1 aromatic heterocycles. The maximum atomic E-state index is 8.95. The van der Waals surface area contributed by atoms with Gasteiger partial charge >= 0.3 is 0 Å². The third-order valence-corrected chi connectivity index (χ3v) is 2.29. The van der Waals surface area contributed by atoms with Gasteiger partial charge in [0.25, 0.3) is 0 Å².